The van der Waals surface area contributed by atoms with Gasteiger partial charge in [-0.25, -0.2) is 0 Å². The van der Waals surface area contributed by atoms with Crippen LogP contribution in [0.5, 0.6) is 0 Å². The van der Waals surface area contributed by atoms with E-state index in [9.17, 15) is 0 Å². The van der Waals surface area contributed by atoms with Gasteiger partial charge in [0.2, 0.25) is 0 Å². The molecule has 2 N–H and O–H groups in total. The number of nitrogens with zero attached hydrogens (tertiary/aromatic N) is 2. The minimum atomic E-state index is 0.107. The van der Waals surface area contributed by atoms with Gasteiger partial charge >= 0.3 is 0 Å². The van der Waals surface area contributed by atoms with Crippen molar-refractivity contribution in [1.29, 1.82) is 0 Å². The summed E-state index contributed by atoms with van der Waals surface area (Å²) in [4.78, 5) is 1.40. The SMILES string of the molecule is Cc1ccc(C)c(C(=S)N(C)SCCO)c1C(=S)N(C)SCCO. The molecule has 4 nitrogen and oxygen atoms in total. The summed E-state index contributed by atoms with van der Waals surface area (Å²) < 4.78 is 3.81. The predicted octanol–water partition coefficient (Wildman–Crippen LogP) is 2.80. The van der Waals surface area contributed by atoms with E-state index in [0.29, 0.717) is 21.5 Å². The molecule has 0 aliphatic heterocycles. The Labute approximate surface area is 163 Å². The summed E-state index contributed by atoms with van der Waals surface area (Å²) in [7, 11) is 3.81. The molecule has 0 saturated heterocycles. The number of benzene rings is 1. The van der Waals surface area contributed by atoms with Gasteiger partial charge in [-0.3, -0.25) is 0 Å². The molecular formula is C16H24N2O2S4. The van der Waals surface area contributed by atoms with Crippen LogP contribution in [0, 0.1) is 13.8 Å². The van der Waals surface area contributed by atoms with E-state index in [1.807, 2.05) is 36.6 Å². The minimum absolute atomic E-state index is 0.107. The van der Waals surface area contributed by atoms with Gasteiger partial charge < -0.3 is 18.8 Å². The molecule has 0 aliphatic rings. The molecule has 0 saturated carbocycles. The first kappa shape index (κ1) is 21.7. The Bertz CT molecular complexity index is 545. The van der Waals surface area contributed by atoms with E-state index in [1.165, 1.54) is 23.9 Å². The zero-order valence-electron chi connectivity index (χ0n) is 14.4. The summed E-state index contributed by atoms with van der Waals surface area (Å²) in [5.41, 5.74) is 4.05. The highest BCUT2D eigenvalue weighted by Crippen LogP contribution is 2.26. The average Bonchev–Trinajstić information content (AvgIpc) is 2.57. The smallest absolute Gasteiger partial charge is 0.119 e. The Balaban J connectivity index is 3.23. The zero-order valence-corrected chi connectivity index (χ0v) is 17.7. The van der Waals surface area contributed by atoms with Crippen molar-refractivity contribution in [1.82, 2.24) is 8.61 Å². The lowest BCUT2D eigenvalue weighted by molar-refractivity contribution is 0.321. The molecule has 0 aromatic heterocycles. The lowest BCUT2D eigenvalue weighted by Crippen LogP contribution is -2.27. The lowest BCUT2D eigenvalue weighted by Gasteiger charge is -2.26. The number of thiocarbonyl (C=S) groups is 2. The molecule has 1 rings (SSSR count). The summed E-state index contributed by atoms with van der Waals surface area (Å²) in [6.07, 6.45) is 0. The second-order valence-corrected chi connectivity index (χ2v) is 8.37. The Morgan fingerprint density at radius 2 is 1.21 bits per heavy atom. The molecule has 24 heavy (non-hydrogen) atoms. The largest absolute Gasteiger partial charge is 0.395 e. The highest BCUT2D eigenvalue weighted by molar-refractivity contribution is 7.99. The lowest BCUT2D eigenvalue weighted by atomic mass is 9.97. The molecule has 0 spiro atoms. The number of aryl methyl sites for hydroxylation is 2. The molecule has 0 heterocycles. The molecule has 0 bridgehead atoms. The standard InChI is InChI=1S/C16H24N2O2S4/c1-11-5-6-12(2)14(16(22)18(4)24-10-8-20)13(11)15(21)17(3)23-9-7-19/h5-6,19-20H,7-10H2,1-4H3. The first-order chi connectivity index (χ1) is 11.3. The maximum Gasteiger partial charge on any atom is 0.119 e. The average molecular weight is 405 g/mol. The van der Waals surface area contributed by atoms with Crippen molar-refractivity contribution in [3.63, 3.8) is 0 Å². The van der Waals surface area contributed by atoms with Crippen LogP contribution >= 0.6 is 48.3 Å². The van der Waals surface area contributed by atoms with Crippen molar-refractivity contribution in [3.05, 3.63) is 34.4 Å². The summed E-state index contributed by atoms with van der Waals surface area (Å²) in [5.74, 6) is 1.18. The van der Waals surface area contributed by atoms with Gasteiger partial charge in [0.15, 0.2) is 0 Å². The second-order valence-electron chi connectivity index (χ2n) is 5.17. The van der Waals surface area contributed by atoms with Crippen molar-refractivity contribution in [2.75, 3.05) is 38.8 Å². The third kappa shape index (κ3) is 5.57. The number of aliphatic hydroxyl groups excluding tert-OH is 2. The first-order valence-corrected chi connectivity index (χ1v) is 10.2. The fourth-order valence-corrected chi connectivity index (χ4v) is 4.12. The van der Waals surface area contributed by atoms with Crippen LogP contribution in [0.25, 0.3) is 0 Å². The normalized spacial score (nSPS) is 10.6. The van der Waals surface area contributed by atoms with Crippen molar-refractivity contribution in [2.45, 2.75) is 13.8 Å². The number of rotatable bonds is 8. The van der Waals surface area contributed by atoms with E-state index in [2.05, 4.69) is 12.1 Å². The molecule has 0 radical (unpaired) electrons. The maximum atomic E-state index is 9.02. The molecule has 0 aliphatic carbocycles. The van der Waals surface area contributed by atoms with Gasteiger partial charge in [0, 0.05) is 36.7 Å². The Morgan fingerprint density at radius 1 is 0.875 bits per heavy atom. The fraction of sp³-hybridized carbons (Fsp3) is 0.500. The topological polar surface area (TPSA) is 46.9 Å². The summed E-state index contributed by atoms with van der Waals surface area (Å²) >= 11 is 14.3. The predicted molar refractivity (Wildman–Crippen MR) is 114 cm³/mol. The number of hydrogen-bond acceptors (Lipinski definition) is 6. The molecule has 0 unspecified atom stereocenters. The van der Waals surface area contributed by atoms with Gasteiger partial charge in [-0.2, -0.15) is 0 Å². The first-order valence-electron chi connectivity index (χ1n) is 7.49. The van der Waals surface area contributed by atoms with Crippen LogP contribution in [-0.4, -0.2) is 67.6 Å². The maximum absolute atomic E-state index is 9.02. The van der Waals surface area contributed by atoms with Crippen LogP contribution in [0.15, 0.2) is 12.1 Å². The van der Waals surface area contributed by atoms with Gasteiger partial charge in [0.05, 0.1) is 13.2 Å². The molecule has 0 atom stereocenters. The Hall–Kier alpha value is -0.380. The number of hydrogen-bond donors (Lipinski definition) is 2. The summed E-state index contributed by atoms with van der Waals surface area (Å²) in [6, 6.07) is 4.10. The van der Waals surface area contributed by atoms with Gasteiger partial charge in [0.25, 0.3) is 0 Å². The van der Waals surface area contributed by atoms with Crippen molar-refractivity contribution in [2.24, 2.45) is 0 Å². The third-order valence-electron chi connectivity index (χ3n) is 3.37. The molecule has 0 amide bonds. The van der Waals surface area contributed by atoms with E-state index in [-0.39, 0.29) is 13.2 Å². The van der Waals surface area contributed by atoms with Crippen LogP contribution in [-0.2, 0) is 0 Å². The van der Waals surface area contributed by atoms with Crippen molar-refractivity contribution < 1.29 is 10.2 Å². The molecule has 0 fully saturated rings. The molecular weight excluding hydrogens is 380 g/mol. The second kappa shape index (κ2) is 10.6. The van der Waals surface area contributed by atoms with Crippen molar-refractivity contribution in [3.8, 4) is 0 Å². The number of aliphatic hydroxyl groups is 2. The van der Waals surface area contributed by atoms with Crippen LogP contribution in [0.4, 0.5) is 0 Å². The summed E-state index contributed by atoms with van der Waals surface area (Å²) in [6.45, 7) is 4.27. The van der Waals surface area contributed by atoms with Crippen LogP contribution in [0.3, 0.4) is 0 Å². The van der Waals surface area contributed by atoms with E-state index in [0.717, 1.165) is 22.3 Å². The van der Waals surface area contributed by atoms with Crippen molar-refractivity contribution >= 4 is 58.3 Å². The molecule has 8 heteroatoms. The van der Waals surface area contributed by atoms with Gasteiger partial charge in [-0.15, -0.1) is 0 Å². The highest BCUT2D eigenvalue weighted by atomic mass is 32.2. The van der Waals surface area contributed by atoms with Gasteiger partial charge in [-0.05, 0) is 48.9 Å². The molecule has 1 aromatic carbocycles. The van der Waals surface area contributed by atoms with E-state index < -0.39 is 0 Å². The van der Waals surface area contributed by atoms with E-state index in [4.69, 9.17) is 34.6 Å². The zero-order chi connectivity index (χ0) is 18.3. The van der Waals surface area contributed by atoms with Gasteiger partial charge in [0.1, 0.15) is 9.98 Å². The summed E-state index contributed by atoms with van der Waals surface area (Å²) in [5, 5.41) is 18.0. The van der Waals surface area contributed by atoms with E-state index >= 15 is 0 Å². The fourth-order valence-electron chi connectivity index (χ4n) is 2.15. The minimum Gasteiger partial charge on any atom is -0.395 e. The van der Waals surface area contributed by atoms with Crippen LogP contribution < -0.4 is 0 Å². The van der Waals surface area contributed by atoms with Gasteiger partial charge in [-0.1, -0.05) is 36.6 Å². The molecule has 1 aromatic rings. The monoisotopic (exact) mass is 404 g/mol. The third-order valence-corrected chi connectivity index (χ3v) is 6.43. The molecule has 134 valence electrons. The Kier molecular flexibility index (Phi) is 9.54. The Morgan fingerprint density at radius 3 is 1.50 bits per heavy atom. The highest BCUT2D eigenvalue weighted by Gasteiger charge is 2.21. The quantitative estimate of drug-likeness (QED) is 0.507. The van der Waals surface area contributed by atoms with Crippen LogP contribution in [0.1, 0.15) is 22.3 Å². The van der Waals surface area contributed by atoms with Crippen LogP contribution in [0.2, 0.25) is 0 Å². The van der Waals surface area contributed by atoms with E-state index in [1.54, 1.807) is 0 Å².